The summed E-state index contributed by atoms with van der Waals surface area (Å²) in [5, 5.41) is 2.47. The Hall–Kier alpha value is -1.59. The molecule has 2 radical (unpaired) electrons. The monoisotopic (exact) mass is 219 g/mol. The number of hydrogen-bond acceptors (Lipinski definition) is 4. The van der Waals surface area contributed by atoms with Gasteiger partial charge in [-0.15, -0.1) is 0 Å². The first kappa shape index (κ1) is 12.5. The third-order valence-corrected chi connectivity index (χ3v) is 1.54. The highest BCUT2D eigenvalue weighted by molar-refractivity contribution is 6.08. The molecule has 5 nitrogen and oxygen atoms in total. The van der Waals surface area contributed by atoms with Crippen LogP contribution in [0.4, 0.5) is 10.6 Å². The first-order chi connectivity index (χ1) is 7.40. The minimum absolute atomic E-state index is 0.319. The molecule has 0 aromatic carbocycles. The Kier molecular flexibility index (Phi) is 3.87. The first-order valence-electron chi connectivity index (χ1n) is 4.92. The molecular weight excluding hydrogens is 205 g/mol. The predicted molar refractivity (Wildman–Crippen MR) is 61.3 cm³/mol. The standard InChI is InChI=1S/C10H14BN3O2/c1-10(2,3)16-9(15)14-8-6-12-7(4-11)5-13-8/h5-6H,4H2,1-3H3,(H,13,14,15). The zero-order chi connectivity index (χ0) is 12.2. The molecule has 1 amide bonds. The second-order valence-corrected chi connectivity index (χ2v) is 4.22. The Labute approximate surface area is 96.0 Å². The van der Waals surface area contributed by atoms with E-state index in [0.717, 1.165) is 0 Å². The van der Waals surface area contributed by atoms with E-state index in [-0.39, 0.29) is 0 Å². The van der Waals surface area contributed by atoms with Crippen molar-refractivity contribution in [3.8, 4) is 0 Å². The number of carbonyl (C=O) groups is 1. The number of amides is 1. The molecule has 1 aromatic rings. The van der Waals surface area contributed by atoms with E-state index in [1.54, 1.807) is 20.8 Å². The Morgan fingerprint density at radius 2 is 2.12 bits per heavy atom. The maximum atomic E-state index is 11.4. The lowest BCUT2D eigenvalue weighted by Crippen LogP contribution is -2.27. The van der Waals surface area contributed by atoms with Gasteiger partial charge in [0.15, 0.2) is 5.82 Å². The second kappa shape index (κ2) is 4.96. The van der Waals surface area contributed by atoms with Crippen molar-refractivity contribution < 1.29 is 9.53 Å². The summed E-state index contributed by atoms with van der Waals surface area (Å²) in [6.45, 7) is 5.36. The summed E-state index contributed by atoms with van der Waals surface area (Å²) in [4.78, 5) is 19.3. The average molecular weight is 219 g/mol. The van der Waals surface area contributed by atoms with Crippen LogP contribution in [-0.2, 0) is 11.1 Å². The van der Waals surface area contributed by atoms with Gasteiger partial charge in [-0.25, -0.2) is 9.78 Å². The molecule has 0 atom stereocenters. The number of nitrogens with one attached hydrogen (secondary N) is 1. The fraction of sp³-hybridized carbons (Fsp3) is 0.500. The molecule has 0 saturated heterocycles. The molecule has 0 aliphatic heterocycles. The molecule has 0 fully saturated rings. The van der Waals surface area contributed by atoms with E-state index >= 15 is 0 Å². The number of aromatic nitrogens is 2. The van der Waals surface area contributed by atoms with Gasteiger partial charge in [0.1, 0.15) is 5.60 Å². The van der Waals surface area contributed by atoms with Crippen LogP contribution in [0, 0.1) is 0 Å². The summed E-state index contributed by atoms with van der Waals surface area (Å²) in [6, 6.07) is 0. The van der Waals surface area contributed by atoms with E-state index < -0.39 is 11.7 Å². The zero-order valence-corrected chi connectivity index (χ0v) is 9.65. The van der Waals surface area contributed by atoms with Gasteiger partial charge in [0, 0.05) is 0 Å². The highest BCUT2D eigenvalue weighted by Gasteiger charge is 2.16. The molecule has 0 saturated carbocycles. The predicted octanol–water partition coefficient (Wildman–Crippen LogP) is 1.49. The maximum Gasteiger partial charge on any atom is 0.413 e. The number of anilines is 1. The average Bonchev–Trinajstić information content (AvgIpc) is 2.16. The van der Waals surface area contributed by atoms with Gasteiger partial charge in [-0.3, -0.25) is 10.3 Å². The lowest BCUT2D eigenvalue weighted by atomic mass is 10.0. The maximum absolute atomic E-state index is 11.4. The zero-order valence-electron chi connectivity index (χ0n) is 9.65. The van der Waals surface area contributed by atoms with Crippen molar-refractivity contribution in [3.05, 3.63) is 18.1 Å². The lowest BCUT2D eigenvalue weighted by Gasteiger charge is -2.19. The van der Waals surface area contributed by atoms with Crippen LogP contribution in [0.2, 0.25) is 0 Å². The molecule has 84 valence electrons. The summed E-state index contributed by atoms with van der Waals surface area (Å²) in [7, 11) is 5.37. The molecule has 0 aliphatic carbocycles. The van der Waals surface area contributed by atoms with E-state index in [1.165, 1.54) is 12.4 Å². The number of hydrogen-bond donors (Lipinski definition) is 1. The molecule has 1 heterocycles. The van der Waals surface area contributed by atoms with E-state index in [1.807, 2.05) is 0 Å². The van der Waals surface area contributed by atoms with Crippen LogP contribution in [0.25, 0.3) is 0 Å². The van der Waals surface area contributed by atoms with Gasteiger partial charge in [-0.1, -0.05) is 0 Å². The number of rotatable bonds is 2. The Morgan fingerprint density at radius 3 is 2.56 bits per heavy atom. The minimum Gasteiger partial charge on any atom is -0.444 e. The summed E-state index contributed by atoms with van der Waals surface area (Å²) in [6.07, 6.45) is 2.71. The molecule has 1 aromatic heterocycles. The van der Waals surface area contributed by atoms with Crippen LogP contribution in [0.5, 0.6) is 0 Å². The van der Waals surface area contributed by atoms with Crippen molar-refractivity contribution in [2.24, 2.45) is 0 Å². The number of nitrogens with zero attached hydrogens (tertiary/aromatic N) is 2. The summed E-state index contributed by atoms with van der Waals surface area (Å²) in [5.41, 5.74) is 0.129. The van der Waals surface area contributed by atoms with Gasteiger partial charge in [-0.2, -0.15) is 0 Å². The Balaban J connectivity index is 2.56. The van der Waals surface area contributed by atoms with Crippen LogP contribution in [0.1, 0.15) is 26.5 Å². The molecule has 6 heteroatoms. The first-order valence-corrected chi connectivity index (χ1v) is 4.92. The topological polar surface area (TPSA) is 64.1 Å². The van der Waals surface area contributed by atoms with Gasteiger partial charge >= 0.3 is 6.09 Å². The van der Waals surface area contributed by atoms with Crippen LogP contribution in [0.3, 0.4) is 0 Å². The largest absolute Gasteiger partial charge is 0.444 e. The molecule has 0 unspecified atom stereocenters. The van der Waals surface area contributed by atoms with E-state index in [9.17, 15) is 4.79 Å². The van der Waals surface area contributed by atoms with E-state index in [2.05, 4.69) is 15.3 Å². The van der Waals surface area contributed by atoms with E-state index in [4.69, 9.17) is 12.6 Å². The molecule has 0 spiro atoms. The Bertz CT molecular complexity index is 359. The Morgan fingerprint density at radius 1 is 1.44 bits per heavy atom. The molecule has 0 aliphatic rings. The van der Waals surface area contributed by atoms with Gasteiger partial charge in [-0.05, 0) is 27.1 Å². The normalized spacial score (nSPS) is 10.9. The number of ether oxygens (including phenoxy) is 1. The summed E-state index contributed by atoms with van der Waals surface area (Å²) >= 11 is 0. The SMILES string of the molecule is [B]Cc1cnc(NC(=O)OC(C)(C)C)cn1. The molecule has 0 bridgehead atoms. The third-order valence-electron chi connectivity index (χ3n) is 1.54. The van der Waals surface area contributed by atoms with Gasteiger partial charge in [0.05, 0.1) is 25.9 Å². The minimum atomic E-state index is -0.553. The van der Waals surface area contributed by atoms with Crippen molar-refractivity contribution in [2.45, 2.75) is 32.7 Å². The summed E-state index contributed by atoms with van der Waals surface area (Å²) in [5.74, 6) is 0.339. The fourth-order valence-corrected chi connectivity index (χ4v) is 0.933. The third kappa shape index (κ3) is 4.29. The van der Waals surface area contributed by atoms with Crippen molar-refractivity contribution >= 4 is 19.8 Å². The van der Waals surface area contributed by atoms with Gasteiger partial charge in [0.2, 0.25) is 0 Å². The van der Waals surface area contributed by atoms with Crippen LogP contribution in [-0.4, -0.2) is 29.5 Å². The number of carbonyl (C=O) groups excluding carboxylic acids is 1. The van der Waals surface area contributed by atoms with Gasteiger partial charge < -0.3 is 4.74 Å². The van der Waals surface area contributed by atoms with Crippen molar-refractivity contribution in [1.29, 1.82) is 0 Å². The van der Waals surface area contributed by atoms with Crippen LogP contribution >= 0.6 is 0 Å². The lowest BCUT2D eigenvalue weighted by molar-refractivity contribution is 0.0635. The van der Waals surface area contributed by atoms with Crippen LogP contribution < -0.4 is 5.32 Å². The highest BCUT2D eigenvalue weighted by atomic mass is 16.6. The second-order valence-electron chi connectivity index (χ2n) is 4.22. The van der Waals surface area contributed by atoms with Crippen LogP contribution in [0.15, 0.2) is 12.4 Å². The van der Waals surface area contributed by atoms with Crippen molar-refractivity contribution in [2.75, 3.05) is 5.32 Å². The van der Waals surface area contributed by atoms with Crippen molar-refractivity contribution in [1.82, 2.24) is 9.97 Å². The fourth-order valence-electron chi connectivity index (χ4n) is 0.933. The molecule has 1 rings (SSSR count). The smallest absolute Gasteiger partial charge is 0.413 e. The highest BCUT2D eigenvalue weighted by Crippen LogP contribution is 2.09. The quantitative estimate of drug-likeness (QED) is 0.765. The summed E-state index contributed by atoms with van der Waals surface area (Å²) < 4.78 is 5.06. The molecular formula is C10H14BN3O2. The van der Waals surface area contributed by atoms with Gasteiger partial charge in [0.25, 0.3) is 0 Å². The van der Waals surface area contributed by atoms with E-state index in [0.29, 0.717) is 17.8 Å². The molecule has 16 heavy (non-hydrogen) atoms. The van der Waals surface area contributed by atoms with Crippen molar-refractivity contribution in [3.63, 3.8) is 0 Å². The molecule has 1 N–H and O–H groups in total.